The van der Waals surface area contributed by atoms with Crippen LogP contribution in [0.5, 0.6) is 0 Å². The number of nitrogens with zero attached hydrogens (tertiary/aromatic N) is 1. The molecule has 0 amide bonds. The third-order valence-electron chi connectivity index (χ3n) is 4.16. The zero-order chi connectivity index (χ0) is 12.6. The van der Waals surface area contributed by atoms with Crippen molar-refractivity contribution in [3.63, 3.8) is 0 Å². The van der Waals surface area contributed by atoms with Gasteiger partial charge in [0.15, 0.2) is 0 Å². The molecule has 0 bridgehead atoms. The molecule has 0 radical (unpaired) electrons. The standard InChI is InChI=1S/C12H21F3N2/c1-8-2-3-11(8)17-6-9(4-10(16)7-17)5-12(13,14)15/h8-11H,2-7,16H2,1H3. The van der Waals surface area contributed by atoms with E-state index in [9.17, 15) is 13.2 Å². The van der Waals surface area contributed by atoms with Crippen molar-refractivity contribution in [3.05, 3.63) is 0 Å². The second kappa shape index (κ2) is 4.76. The maximum Gasteiger partial charge on any atom is 0.389 e. The summed E-state index contributed by atoms with van der Waals surface area (Å²) >= 11 is 0. The van der Waals surface area contributed by atoms with Crippen LogP contribution in [-0.2, 0) is 0 Å². The molecule has 4 atom stereocenters. The van der Waals surface area contributed by atoms with Gasteiger partial charge in [-0.15, -0.1) is 0 Å². The zero-order valence-corrected chi connectivity index (χ0v) is 10.2. The predicted octanol–water partition coefficient (Wildman–Crippen LogP) is 2.39. The molecule has 1 saturated heterocycles. The normalized spacial score (nSPS) is 40.1. The van der Waals surface area contributed by atoms with E-state index in [0.717, 1.165) is 13.0 Å². The van der Waals surface area contributed by atoms with Crippen LogP contribution in [0.25, 0.3) is 0 Å². The minimum Gasteiger partial charge on any atom is -0.327 e. The minimum absolute atomic E-state index is 0.0936. The quantitative estimate of drug-likeness (QED) is 0.815. The van der Waals surface area contributed by atoms with E-state index in [2.05, 4.69) is 11.8 Å². The maximum atomic E-state index is 12.4. The van der Waals surface area contributed by atoms with E-state index in [4.69, 9.17) is 5.73 Å². The summed E-state index contributed by atoms with van der Waals surface area (Å²) in [6.07, 6.45) is -1.92. The SMILES string of the molecule is CC1CCC1N1CC(N)CC(CC(F)(F)F)C1. The molecule has 1 heterocycles. The molecule has 1 aliphatic heterocycles. The lowest BCUT2D eigenvalue weighted by atomic mass is 9.78. The van der Waals surface area contributed by atoms with Crippen molar-refractivity contribution in [1.82, 2.24) is 4.90 Å². The summed E-state index contributed by atoms with van der Waals surface area (Å²) in [7, 11) is 0. The first-order valence-electron chi connectivity index (χ1n) is 6.41. The van der Waals surface area contributed by atoms with Gasteiger partial charge in [0.1, 0.15) is 0 Å². The molecule has 0 aromatic heterocycles. The van der Waals surface area contributed by atoms with Crippen molar-refractivity contribution in [3.8, 4) is 0 Å². The highest BCUT2D eigenvalue weighted by molar-refractivity contribution is 4.92. The number of piperidine rings is 1. The first-order valence-corrected chi connectivity index (χ1v) is 6.41. The molecule has 1 aliphatic carbocycles. The maximum absolute atomic E-state index is 12.4. The number of hydrogen-bond acceptors (Lipinski definition) is 2. The first-order chi connectivity index (χ1) is 7.85. The van der Waals surface area contributed by atoms with Crippen LogP contribution in [-0.4, -0.2) is 36.2 Å². The second-order valence-corrected chi connectivity index (χ2v) is 5.76. The van der Waals surface area contributed by atoms with Crippen molar-refractivity contribution in [2.45, 2.75) is 50.9 Å². The Morgan fingerprint density at radius 2 is 1.94 bits per heavy atom. The fourth-order valence-electron chi connectivity index (χ4n) is 3.22. The monoisotopic (exact) mass is 250 g/mol. The Kier molecular flexibility index (Phi) is 3.69. The Balaban J connectivity index is 1.92. The Morgan fingerprint density at radius 1 is 1.24 bits per heavy atom. The van der Waals surface area contributed by atoms with Crippen LogP contribution < -0.4 is 5.73 Å². The van der Waals surface area contributed by atoms with Gasteiger partial charge < -0.3 is 5.73 Å². The third-order valence-corrected chi connectivity index (χ3v) is 4.16. The van der Waals surface area contributed by atoms with Gasteiger partial charge in [0, 0.05) is 31.6 Å². The lowest BCUT2D eigenvalue weighted by Gasteiger charge is -2.48. The summed E-state index contributed by atoms with van der Waals surface area (Å²) in [6, 6.07) is 0.376. The smallest absolute Gasteiger partial charge is 0.327 e. The van der Waals surface area contributed by atoms with Gasteiger partial charge in [-0.3, -0.25) is 4.90 Å². The van der Waals surface area contributed by atoms with Crippen LogP contribution in [0, 0.1) is 11.8 Å². The summed E-state index contributed by atoms with van der Waals surface area (Å²) < 4.78 is 37.2. The molecule has 100 valence electrons. The number of alkyl halides is 3. The molecule has 1 saturated carbocycles. The lowest BCUT2D eigenvalue weighted by molar-refractivity contribution is -0.150. The van der Waals surface area contributed by atoms with Crippen LogP contribution in [0.3, 0.4) is 0 Å². The Morgan fingerprint density at radius 3 is 2.41 bits per heavy atom. The van der Waals surface area contributed by atoms with E-state index >= 15 is 0 Å². The van der Waals surface area contributed by atoms with Gasteiger partial charge >= 0.3 is 6.18 Å². The molecule has 5 heteroatoms. The van der Waals surface area contributed by atoms with E-state index < -0.39 is 12.6 Å². The van der Waals surface area contributed by atoms with Crippen molar-refractivity contribution in [2.24, 2.45) is 17.6 Å². The molecule has 0 aromatic rings. The molecular formula is C12H21F3N2. The second-order valence-electron chi connectivity index (χ2n) is 5.76. The summed E-state index contributed by atoms with van der Waals surface area (Å²) in [5, 5.41) is 0. The highest BCUT2D eigenvalue weighted by Crippen LogP contribution is 2.36. The van der Waals surface area contributed by atoms with E-state index in [1.165, 1.54) is 6.42 Å². The Labute approximate surface area is 100 Å². The van der Waals surface area contributed by atoms with Crippen molar-refractivity contribution in [2.75, 3.05) is 13.1 Å². The summed E-state index contributed by atoms with van der Waals surface area (Å²) in [5.74, 6) is 0.304. The highest BCUT2D eigenvalue weighted by atomic mass is 19.4. The average Bonchev–Trinajstić information content (AvgIpc) is 2.11. The van der Waals surface area contributed by atoms with Crippen LogP contribution in [0.2, 0.25) is 0 Å². The van der Waals surface area contributed by atoms with Gasteiger partial charge in [0.2, 0.25) is 0 Å². The van der Waals surface area contributed by atoms with Gasteiger partial charge in [0.25, 0.3) is 0 Å². The van der Waals surface area contributed by atoms with E-state index in [1.807, 2.05) is 0 Å². The van der Waals surface area contributed by atoms with E-state index in [-0.39, 0.29) is 12.0 Å². The number of nitrogens with two attached hydrogens (primary N) is 1. The summed E-state index contributed by atoms with van der Waals surface area (Å²) in [5.41, 5.74) is 5.89. The first kappa shape index (κ1) is 13.1. The Hall–Kier alpha value is -0.290. The molecule has 2 rings (SSSR count). The fraction of sp³-hybridized carbons (Fsp3) is 1.00. The minimum atomic E-state index is -4.06. The lowest BCUT2D eigenvalue weighted by Crippen LogP contribution is -2.56. The predicted molar refractivity (Wildman–Crippen MR) is 60.5 cm³/mol. The molecule has 2 nitrogen and oxygen atoms in total. The summed E-state index contributed by atoms with van der Waals surface area (Å²) in [6.45, 7) is 3.51. The third kappa shape index (κ3) is 3.35. The molecule has 2 fully saturated rings. The molecule has 2 aliphatic rings. The molecule has 0 aromatic carbocycles. The van der Waals surface area contributed by atoms with E-state index in [0.29, 0.717) is 24.9 Å². The molecule has 0 spiro atoms. The van der Waals surface area contributed by atoms with Gasteiger partial charge in [-0.25, -0.2) is 0 Å². The summed E-state index contributed by atoms with van der Waals surface area (Å²) in [4.78, 5) is 2.19. The van der Waals surface area contributed by atoms with E-state index in [1.54, 1.807) is 0 Å². The molecule has 4 unspecified atom stereocenters. The average molecular weight is 250 g/mol. The van der Waals surface area contributed by atoms with Crippen molar-refractivity contribution in [1.29, 1.82) is 0 Å². The number of likely N-dealkylation sites (tertiary alicyclic amines) is 1. The fourth-order valence-corrected chi connectivity index (χ4v) is 3.22. The van der Waals surface area contributed by atoms with Crippen LogP contribution in [0.1, 0.15) is 32.6 Å². The zero-order valence-electron chi connectivity index (χ0n) is 10.2. The molecular weight excluding hydrogens is 229 g/mol. The topological polar surface area (TPSA) is 29.3 Å². The molecule has 17 heavy (non-hydrogen) atoms. The van der Waals surface area contributed by atoms with Crippen molar-refractivity contribution < 1.29 is 13.2 Å². The van der Waals surface area contributed by atoms with Crippen molar-refractivity contribution >= 4 is 0 Å². The molecule has 2 N–H and O–H groups in total. The van der Waals surface area contributed by atoms with Crippen LogP contribution in [0.4, 0.5) is 13.2 Å². The Bertz CT molecular complexity index is 267. The van der Waals surface area contributed by atoms with Gasteiger partial charge in [-0.1, -0.05) is 6.92 Å². The number of hydrogen-bond donors (Lipinski definition) is 1. The number of halogens is 3. The highest BCUT2D eigenvalue weighted by Gasteiger charge is 2.40. The van der Waals surface area contributed by atoms with Gasteiger partial charge in [-0.05, 0) is 31.1 Å². The van der Waals surface area contributed by atoms with Crippen LogP contribution >= 0.6 is 0 Å². The van der Waals surface area contributed by atoms with Crippen LogP contribution in [0.15, 0.2) is 0 Å². The largest absolute Gasteiger partial charge is 0.389 e. The van der Waals surface area contributed by atoms with Gasteiger partial charge in [0.05, 0.1) is 0 Å². The van der Waals surface area contributed by atoms with Gasteiger partial charge in [-0.2, -0.15) is 13.2 Å². The number of rotatable bonds is 2.